The van der Waals surface area contributed by atoms with Gasteiger partial charge in [-0.15, -0.1) is 0 Å². The molecule has 0 spiro atoms. The SMILES string of the molecule is CCOc1cc(Br)c(CNc2cc(C(=O)O)ccc2C)cc1OC. The smallest absolute Gasteiger partial charge is 0.335 e. The fraction of sp³-hybridized carbons (Fsp3) is 0.278. The van der Waals surface area contributed by atoms with Gasteiger partial charge >= 0.3 is 5.97 Å². The third kappa shape index (κ3) is 4.20. The van der Waals surface area contributed by atoms with Gasteiger partial charge in [-0.2, -0.15) is 0 Å². The summed E-state index contributed by atoms with van der Waals surface area (Å²) in [6.07, 6.45) is 0. The number of carboxylic acids is 1. The minimum atomic E-state index is -0.943. The Morgan fingerprint density at radius 2 is 2.00 bits per heavy atom. The van der Waals surface area contributed by atoms with Crippen LogP contribution in [-0.4, -0.2) is 24.8 Å². The van der Waals surface area contributed by atoms with Crippen molar-refractivity contribution in [2.75, 3.05) is 19.0 Å². The molecule has 0 radical (unpaired) electrons. The van der Waals surface area contributed by atoms with Crippen LogP contribution in [0.2, 0.25) is 0 Å². The zero-order valence-corrected chi connectivity index (χ0v) is 15.4. The minimum Gasteiger partial charge on any atom is -0.493 e. The molecule has 0 aromatic heterocycles. The van der Waals surface area contributed by atoms with Crippen LogP contribution in [0.1, 0.15) is 28.4 Å². The molecule has 128 valence electrons. The highest BCUT2D eigenvalue weighted by Gasteiger charge is 2.11. The predicted octanol–water partition coefficient (Wildman–Crippen LogP) is 4.48. The van der Waals surface area contributed by atoms with Crippen molar-refractivity contribution >= 4 is 27.6 Å². The fourth-order valence-corrected chi connectivity index (χ4v) is 2.74. The zero-order chi connectivity index (χ0) is 17.7. The molecule has 0 aliphatic heterocycles. The lowest BCUT2D eigenvalue weighted by Gasteiger charge is -2.15. The predicted molar refractivity (Wildman–Crippen MR) is 97.3 cm³/mol. The number of ether oxygens (including phenoxy) is 2. The van der Waals surface area contributed by atoms with E-state index in [9.17, 15) is 4.79 Å². The lowest BCUT2D eigenvalue weighted by Crippen LogP contribution is -2.05. The van der Waals surface area contributed by atoms with Crippen molar-refractivity contribution in [3.63, 3.8) is 0 Å². The third-order valence-corrected chi connectivity index (χ3v) is 4.32. The number of benzene rings is 2. The lowest BCUT2D eigenvalue weighted by atomic mass is 10.1. The van der Waals surface area contributed by atoms with Gasteiger partial charge in [-0.05, 0) is 49.2 Å². The van der Waals surface area contributed by atoms with Crippen LogP contribution >= 0.6 is 15.9 Å². The van der Waals surface area contributed by atoms with Crippen molar-refractivity contribution in [2.24, 2.45) is 0 Å². The van der Waals surface area contributed by atoms with Gasteiger partial charge in [-0.25, -0.2) is 4.79 Å². The van der Waals surface area contributed by atoms with Crippen molar-refractivity contribution < 1.29 is 19.4 Å². The summed E-state index contributed by atoms with van der Waals surface area (Å²) in [6, 6.07) is 8.80. The van der Waals surface area contributed by atoms with E-state index in [1.54, 1.807) is 25.3 Å². The van der Waals surface area contributed by atoms with Gasteiger partial charge in [0.2, 0.25) is 0 Å². The molecule has 24 heavy (non-hydrogen) atoms. The van der Waals surface area contributed by atoms with Gasteiger partial charge in [0.15, 0.2) is 11.5 Å². The number of aryl methyl sites for hydroxylation is 1. The Bertz CT molecular complexity index is 746. The zero-order valence-electron chi connectivity index (χ0n) is 13.9. The van der Waals surface area contributed by atoms with E-state index in [1.165, 1.54) is 0 Å². The van der Waals surface area contributed by atoms with Crippen LogP contribution in [0.25, 0.3) is 0 Å². The molecule has 6 heteroatoms. The highest BCUT2D eigenvalue weighted by Crippen LogP contribution is 2.34. The first-order valence-electron chi connectivity index (χ1n) is 7.53. The molecule has 2 N–H and O–H groups in total. The number of halogens is 1. The van der Waals surface area contributed by atoms with E-state index in [0.717, 1.165) is 21.3 Å². The molecule has 0 bridgehead atoms. The quantitative estimate of drug-likeness (QED) is 0.725. The second-order valence-electron chi connectivity index (χ2n) is 5.22. The number of anilines is 1. The number of hydrogen-bond acceptors (Lipinski definition) is 4. The Hall–Kier alpha value is -2.21. The van der Waals surface area contributed by atoms with Crippen LogP contribution in [0.4, 0.5) is 5.69 Å². The van der Waals surface area contributed by atoms with Gasteiger partial charge in [0.05, 0.1) is 19.3 Å². The Kier molecular flexibility index (Phi) is 6.09. The molecular formula is C18H20BrNO4. The molecule has 0 heterocycles. The number of methoxy groups -OCH3 is 1. The minimum absolute atomic E-state index is 0.256. The average Bonchev–Trinajstić information content (AvgIpc) is 2.55. The summed E-state index contributed by atoms with van der Waals surface area (Å²) in [4.78, 5) is 11.1. The first-order valence-corrected chi connectivity index (χ1v) is 8.32. The standard InChI is InChI=1S/C18H20BrNO4/c1-4-24-17-9-14(19)13(8-16(17)23-3)10-20-15-7-12(18(21)22)6-5-11(15)2/h5-9,20H,4,10H2,1-3H3,(H,21,22). The molecular weight excluding hydrogens is 374 g/mol. The second kappa shape index (κ2) is 8.06. The molecule has 0 atom stereocenters. The summed E-state index contributed by atoms with van der Waals surface area (Å²) in [5, 5.41) is 12.4. The highest BCUT2D eigenvalue weighted by molar-refractivity contribution is 9.10. The Morgan fingerprint density at radius 3 is 2.62 bits per heavy atom. The van der Waals surface area contributed by atoms with Gasteiger partial charge in [0, 0.05) is 16.7 Å². The lowest BCUT2D eigenvalue weighted by molar-refractivity contribution is 0.0697. The van der Waals surface area contributed by atoms with E-state index in [4.69, 9.17) is 14.6 Å². The molecule has 0 fully saturated rings. The van der Waals surface area contributed by atoms with Crippen molar-refractivity contribution in [3.05, 3.63) is 51.5 Å². The topological polar surface area (TPSA) is 67.8 Å². The van der Waals surface area contributed by atoms with Crippen molar-refractivity contribution in [1.82, 2.24) is 0 Å². The molecule has 0 aliphatic rings. The number of hydrogen-bond donors (Lipinski definition) is 2. The molecule has 0 unspecified atom stereocenters. The average molecular weight is 394 g/mol. The number of nitrogens with one attached hydrogen (secondary N) is 1. The molecule has 2 rings (SSSR count). The first-order chi connectivity index (χ1) is 11.5. The monoisotopic (exact) mass is 393 g/mol. The molecule has 0 saturated carbocycles. The number of aromatic carboxylic acids is 1. The Labute approximate surface area is 149 Å². The van der Waals surface area contributed by atoms with Crippen LogP contribution in [-0.2, 0) is 6.54 Å². The summed E-state index contributed by atoms with van der Waals surface area (Å²) in [5.74, 6) is 0.398. The van der Waals surface area contributed by atoms with Crippen LogP contribution in [0.5, 0.6) is 11.5 Å². The summed E-state index contributed by atoms with van der Waals surface area (Å²) in [7, 11) is 1.60. The van der Waals surface area contributed by atoms with E-state index in [1.807, 2.05) is 26.0 Å². The highest BCUT2D eigenvalue weighted by atomic mass is 79.9. The summed E-state index contributed by atoms with van der Waals surface area (Å²) in [6.45, 7) is 4.93. The molecule has 0 aliphatic carbocycles. The largest absolute Gasteiger partial charge is 0.493 e. The van der Waals surface area contributed by atoms with Gasteiger partial charge in [0.25, 0.3) is 0 Å². The molecule has 0 saturated heterocycles. The van der Waals surface area contributed by atoms with E-state index in [2.05, 4.69) is 21.2 Å². The second-order valence-corrected chi connectivity index (χ2v) is 6.07. The van der Waals surface area contributed by atoms with Crippen LogP contribution < -0.4 is 14.8 Å². The summed E-state index contributed by atoms with van der Waals surface area (Å²) >= 11 is 3.54. The fourth-order valence-electron chi connectivity index (χ4n) is 2.28. The molecule has 0 amide bonds. The van der Waals surface area contributed by atoms with Gasteiger partial charge < -0.3 is 19.9 Å². The van der Waals surface area contributed by atoms with E-state index >= 15 is 0 Å². The molecule has 2 aromatic carbocycles. The molecule has 2 aromatic rings. The van der Waals surface area contributed by atoms with Crippen molar-refractivity contribution in [1.29, 1.82) is 0 Å². The molecule has 5 nitrogen and oxygen atoms in total. The van der Waals surface area contributed by atoms with Gasteiger partial charge in [-0.1, -0.05) is 22.0 Å². The first kappa shape index (κ1) is 18.1. The Morgan fingerprint density at radius 1 is 1.25 bits per heavy atom. The maximum atomic E-state index is 11.1. The summed E-state index contributed by atoms with van der Waals surface area (Å²) in [5.41, 5.74) is 3.01. The van der Waals surface area contributed by atoms with Crippen LogP contribution in [0.15, 0.2) is 34.8 Å². The van der Waals surface area contributed by atoms with E-state index < -0.39 is 5.97 Å². The van der Waals surface area contributed by atoms with Crippen LogP contribution in [0, 0.1) is 6.92 Å². The summed E-state index contributed by atoms with van der Waals surface area (Å²) < 4.78 is 11.8. The van der Waals surface area contributed by atoms with E-state index in [0.29, 0.717) is 24.7 Å². The van der Waals surface area contributed by atoms with Crippen LogP contribution in [0.3, 0.4) is 0 Å². The Balaban J connectivity index is 2.23. The van der Waals surface area contributed by atoms with E-state index in [-0.39, 0.29) is 5.56 Å². The van der Waals surface area contributed by atoms with Crippen molar-refractivity contribution in [2.45, 2.75) is 20.4 Å². The van der Waals surface area contributed by atoms with Gasteiger partial charge in [0.1, 0.15) is 0 Å². The maximum Gasteiger partial charge on any atom is 0.335 e. The number of rotatable bonds is 7. The van der Waals surface area contributed by atoms with Crippen molar-refractivity contribution in [3.8, 4) is 11.5 Å². The normalized spacial score (nSPS) is 10.3. The third-order valence-electron chi connectivity index (χ3n) is 3.59. The number of carbonyl (C=O) groups is 1. The number of carboxylic acid groups (broad SMARTS) is 1. The van der Waals surface area contributed by atoms with Gasteiger partial charge in [-0.3, -0.25) is 0 Å². The maximum absolute atomic E-state index is 11.1.